The van der Waals surface area contributed by atoms with Gasteiger partial charge in [-0.05, 0) is 18.2 Å². The van der Waals surface area contributed by atoms with Gasteiger partial charge in [0.2, 0.25) is 5.91 Å². The minimum Gasteiger partial charge on any atom is -0.495 e. The molecule has 1 atom stereocenters. The summed E-state index contributed by atoms with van der Waals surface area (Å²) in [5.41, 5.74) is 2.28. The number of nitrogens with one attached hydrogen (secondary N) is 1. The number of sulfonamides is 1. The number of hydroxylamine groups is 1. The predicted octanol–water partition coefficient (Wildman–Crippen LogP) is 2.49. The number of hydrogen-bond donors (Lipinski definition) is 2. The van der Waals surface area contributed by atoms with Crippen molar-refractivity contribution in [2.75, 3.05) is 11.4 Å². The maximum absolute atomic E-state index is 13.2. The van der Waals surface area contributed by atoms with E-state index >= 15 is 0 Å². The van der Waals surface area contributed by atoms with Gasteiger partial charge < -0.3 is 4.74 Å². The van der Waals surface area contributed by atoms with Crippen molar-refractivity contribution in [3.05, 3.63) is 53.1 Å². The fraction of sp³-hybridized carbons (Fsp3) is 0.188. The topological polar surface area (TPSA) is 95.9 Å². The Kier molecular flexibility index (Phi) is 4.59. The molecule has 2 N–H and O–H groups in total. The van der Waals surface area contributed by atoms with E-state index in [1.54, 1.807) is 35.8 Å². The van der Waals surface area contributed by atoms with E-state index < -0.39 is 22.0 Å². The number of benzene rings is 2. The third-order valence-electron chi connectivity index (χ3n) is 3.94. The zero-order valence-corrected chi connectivity index (χ0v) is 14.7. The molecular weight excluding hydrogens is 368 g/mol. The molecule has 1 aliphatic heterocycles. The van der Waals surface area contributed by atoms with Crippen molar-refractivity contribution in [2.45, 2.75) is 17.4 Å². The Morgan fingerprint density at radius 1 is 1.32 bits per heavy atom. The lowest BCUT2D eigenvalue weighted by Crippen LogP contribution is -2.32. The van der Waals surface area contributed by atoms with Crippen LogP contribution >= 0.6 is 11.6 Å². The molecule has 132 valence electrons. The quantitative estimate of drug-likeness (QED) is 0.625. The Bertz CT molecular complexity index is 918. The Morgan fingerprint density at radius 2 is 2.00 bits per heavy atom. The molecule has 0 saturated heterocycles. The summed E-state index contributed by atoms with van der Waals surface area (Å²) in [4.78, 5) is 11.7. The van der Waals surface area contributed by atoms with Gasteiger partial charge in [0.05, 0.1) is 25.3 Å². The number of amides is 1. The molecule has 0 aliphatic carbocycles. The number of carbonyl (C=O) groups is 1. The van der Waals surface area contributed by atoms with Crippen molar-refractivity contribution in [2.24, 2.45) is 0 Å². The van der Waals surface area contributed by atoms with Crippen LogP contribution in [-0.4, -0.2) is 26.6 Å². The number of fused-ring (bicyclic) bond motifs is 1. The molecule has 1 amide bonds. The zero-order valence-electron chi connectivity index (χ0n) is 13.1. The molecule has 0 fully saturated rings. The van der Waals surface area contributed by atoms with Crippen LogP contribution in [0.4, 0.5) is 5.69 Å². The van der Waals surface area contributed by atoms with Crippen molar-refractivity contribution in [3.63, 3.8) is 0 Å². The molecule has 1 heterocycles. The number of hydrogen-bond acceptors (Lipinski definition) is 5. The Labute approximate surface area is 149 Å². The van der Waals surface area contributed by atoms with Gasteiger partial charge in [0.25, 0.3) is 10.0 Å². The summed E-state index contributed by atoms with van der Waals surface area (Å²) in [7, 11) is -2.62. The second-order valence-corrected chi connectivity index (χ2v) is 7.61. The van der Waals surface area contributed by atoms with Crippen LogP contribution in [0.2, 0.25) is 5.02 Å². The molecule has 3 rings (SSSR count). The van der Waals surface area contributed by atoms with E-state index in [1.165, 1.54) is 19.2 Å². The van der Waals surface area contributed by atoms with E-state index in [-0.39, 0.29) is 22.1 Å². The first-order chi connectivity index (χ1) is 11.9. The van der Waals surface area contributed by atoms with Gasteiger partial charge in [-0.2, -0.15) is 0 Å². The molecule has 1 aliphatic rings. The summed E-state index contributed by atoms with van der Waals surface area (Å²) >= 11 is 6.09. The molecule has 0 radical (unpaired) electrons. The second-order valence-electron chi connectivity index (χ2n) is 5.42. The third kappa shape index (κ3) is 2.92. The maximum atomic E-state index is 13.2. The number of para-hydroxylation sites is 1. The fourth-order valence-electron chi connectivity index (χ4n) is 2.96. The summed E-state index contributed by atoms with van der Waals surface area (Å²) in [6, 6.07) is 10.4. The van der Waals surface area contributed by atoms with E-state index in [2.05, 4.69) is 0 Å². The van der Waals surface area contributed by atoms with Gasteiger partial charge >= 0.3 is 0 Å². The molecule has 2 aromatic rings. The van der Waals surface area contributed by atoms with Gasteiger partial charge in [-0.25, -0.2) is 13.9 Å². The smallest absolute Gasteiger partial charge is 0.268 e. The summed E-state index contributed by atoms with van der Waals surface area (Å²) < 4.78 is 32.7. The van der Waals surface area contributed by atoms with E-state index in [1.807, 2.05) is 0 Å². The standard InChI is InChI=1S/C16H15ClN2O5S/c1-24-14-8-10(17)7-12-13(9-15(20)18-21)19(25(22,23)16(12)14)11-5-3-2-4-6-11/h2-8,13,21H,9H2,1H3,(H,18,20). The lowest BCUT2D eigenvalue weighted by molar-refractivity contribution is -0.129. The number of ether oxygens (including phenoxy) is 1. The highest BCUT2D eigenvalue weighted by molar-refractivity contribution is 7.93. The van der Waals surface area contributed by atoms with Crippen molar-refractivity contribution >= 4 is 33.2 Å². The summed E-state index contributed by atoms with van der Waals surface area (Å²) in [5.74, 6) is -0.608. The molecule has 9 heteroatoms. The van der Waals surface area contributed by atoms with Crippen molar-refractivity contribution in [1.29, 1.82) is 0 Å². The van der Waals surface area contributed by atoms with Crippen LogP contribution in [-0.2, 0) is 14.8 Å². The predicted molar refractivity (Wildman–Crippen MR) is 91.4 cm³/mol. The molecular formula is C16H15ClN2O5S. The van der Waals surface area contributed by atoms with E-state index in [4.69, 9.17) is 21.5 Å². The number of nitrogens with zero attached hydrogens (tertiary/aromatic N) is 1. The van der Waals surface area contributed by atoms with Gasteiger partial charge in [0.15, 0.2) is 0 Å². The fourth-order valence-corrected chi connectivity index (χ4v) is 5.19. The van der Waals surface area contributed by atoms with Gasteiger partial charge in [0.1, 0.15) is 10.6 Å². The first-order valence-corrected chi connectivity index (χ1v) is 9.11. The van der Waals surface area contributed by atoms with E-state index in [0.717, 1.165) is 4.31 Å². The van der Waals surface area contributed by atoms with E-state index in [9.17, 15) is 13.2 Å². The maximum Gasteiger partial charge on any atom is 0.268 e. The normalized spacial score (nSPS) is 17.9. The molecule has 0 saturated carbocycles. The van der Waals surface area contributed by atoms with Gasteiger partial charge in [-0.15, -0.1) is 0 Å². The SMILES string of the molecule is COc1cc(Cl)cc2c1S(=O)(=O)N(c1ccccc1)C2CC(=O)NO. The number of halogens is 1. The molecule has 0 bridgehead atoms. The lowest BCUT2D eigenvalue weighted by Gasteiger charge is -2.25. The second kappa shape index (κ2) is 6.55. The van der Waals surface area contributed by atoms with Crippen LogP contribution in [0, 0.1) is 0 Å². The number of methoxy groups -OCH3 is 1. The number of anilines is 1. The van der Waals surface area contributed by atoms with Crippen LogP contribution in [0.1, 0.15) is 18.0 Å². The summed E-state index contributed by atoms with van der Waals surface area (Å²) in [6.07, 6.45) is -0.277. The van der Waals surface area contributed by atoms with Crippen molar-refractivity contribution < 1.29 is 23.2 Å². The van der Waals surface area contributed by atoms with Gasteiger partial charge in [-0.1, -0.05) is 29.8 Å². The van der Waals surface area contributed by atoms with Crippen LogP contribution in [0.25, 0.3) is 0 Å². The van der Waals surface area contributed by atoms with Crippen LogP contribution in [0.3, 0.4) is 0 Å². The average molecular weight is 383 g/mol. The Morgan fingerprint density at radius 3 is 2.60 bits per heavy atom. The highest BCUT2D eigenvalue weighted by Crippen LogP contribution is 2.48. The third-order valence-corrected chi connectivity index (χ3v) is 6.10. The minimum absolute atomic E-state index is 0.0287. The van der Waals surface area contributed by atoms with Crippen LogP contribution < -0.4 is 14.5 Å². The van der Waals surface area contributed by atoms with Crippen molar-refractivity contribution in [1.82, 2.24) is 5.48 Å². The van der Waals surface area contributed by atoms with Crippen LogP contribution in [0.15, 0.2) is 47.4 Å². The molecule has 7 nitrogen and oxygen atoms in total. The number of rotatable bonds is 4. The Balaban J connectivity index is 2.26. The first-order valence-electron chi connectivity index (χ1n) is 7.30. The Hall–Kier alpha value is -2.29. The minimum atomic E-state index is -3.97. The lowest BCUT2D eigenvalue weighted by atomic mass is 10.0. The van der Waals surface area contributed by atoms with E-state index in [0.29, 0.717) is 11.3 Å². The summed E-state index contributed by atoms with van der Waals surface area (Å²) in [6.45, 7) is 0. The monoisotopic (exact) mass is 382 g/mol. The summed E-state index contributed by atoms with van der Waals surface area (Å²) in [5, 5.41) is 9.15. The van der Waals surface area contributed by atoms with Crippen LogP contribution in [0.5, 0.6) is 5.75 Å². The first kappa shape index (κ1) is 17.5. The molecule has 0 spiro atoms. The largest absolute Gasteiger partial charge is 0.495 e. The highest BCUT2D eigenvalue weighted by atomic mass is 35.5. The van der Waals surface area contributed by atoms with Crippen molar-refractivity contribution in [3.8, 4) is 5.75 Å². The average Bonchev–Trinajstić information content (AvgIpc) is 2.81. The van der Waals surface area contributed by atoms with Gasteiger partial charge in [-0.3, -0.25) is 14.3 Å². The zero-order chi connectivity index (χ0) is 18.2. The number of carbonyl (C=O) groups excluding carboxylic acids is 1. The molecule has 1 unspecified atom stereocenters. The molecule has 2 aromatic carbocycles. The molecule has 0 aromatic heterocycles. The van der Waals surface area contributed by atoms with Gasteiger partial charge in [0, 0.05) is 16.7 Å². The molecule has 25 heavy (non-hydrogen) atoms. The highest BCUT2D eigenvalue weighted by Gasteiger charge is 2.46.